The van der Waals surface area contributed by atoms with E-state index >= 15 is 0 Å². The molecule has 0 saturated carbocycles. The van der Waals surface area contributed by atoms with E-state index in [1.54, 1.807) is 4.57 Å². The molecule has 1 heterocycles. The van der Waals surface area contributed by atoms with E-state index < -0.39 is 0 Å². The van der Waals surface area contributed by atoms with Crippen LogP contribution in [0.3, 0.4) is 0 Å². The van der Waals surface area contributed by atoms with Gasteiger partial charge in [-0.1, -0.05) is 57.2 Å². The molecular formula is C20H22N4O. The molecule has 0 bridgehead atoms. The number of hydrogen-bond donors (Lipinski definition) is 1. The van der Waals surface area contributed by atoms with Gasteiger partial charge in [0, 0.05) is 5.69 Å². The van der Waals surface area contributed by atoms with Crippen LogP contribution >= 0.6 is 0 Å². The number of carbonyl (C=O) groups excluding carboxylic acids is 1. The number of anilines is 1. The van der Waals surface area contributed by atoms with Crippen LogP contribution in [0, 0.1) is 0 Å². The van der Waals surface area contributed by atoms with Gasteiger partial charge >= 0.3 is 0 Å². The topological polar surface area (TPSA) is 59.8 Å². The summed E-state index contributed by atoms with van der Waals surface area (Å²) in [6.07, 6.45) is 3.04. The lowest BCUT2D eigenvalue weighted by Gasteiger charge is -2.19. The summed E-state index contributed by atoms with van der Waals surface area (Å²) in [5, 5.41) is 10.3. The normalized spacial score (nSPS) is 11.3. The molecule has 0 fully saturated rings. The monoisotopic (exact) mass is 334 g/mol. The number of benzene rings is 2. The SMILES string of the molecule is CC(C)(C)c1ccc(-c2cccc(NC(=O)Cn3cnnc3)c2)cc1. The average molecular weight is 334 g/mol. The van der Waals surface area contributed by atoms with Gasteiger partial charge < -0.3 is 9.88 Å². The second-order valence-corrected chi connectivity index (χ2v) is 7.09. The van der Waals surface area contributed by atoms with Crippen LogP contribution in [0.1, 0.15) is 26.3 Å². The molecule has 3 aromatic rings. The van der Waals surface area contributed by atoms with Crippen molar-refractivity contribution in [1.82, 2.24) is 14.8 Å². The van der Waals surface area contributed by atoms with Crippen LogP contribution in [0.2, 0.25) is 0 Å². The summed E-state index contributed by atoms with van der Waals surface area (Å²) < 4.78 is 1.63. The minimum absolute atomic E-state index is 0.111. The van der Waals surface area contributed by atoms with Crippen molar-refractivity contribution in [3.05, 3.63) is 66.7 Å². The smallest absolute Gasteiger partial charge is 0.244 e. The van der Waals surface area contributed by atoms with Crippen molar-refractivity contribution in [2.75, 3.05) is 5.32 Å². The Morgan fingerprint density at radius 1 is 1.00 bits per heavy atom. The summed E-state index contributed by atoms with van der Waals surface area (Å²) in [6, 6.07) is 16.4. The Hall–Kier alpha value is -2.95. The number of nitrogens with zero attached hydrogens (tertiary/aromatic N) is 3. The molecule has 5 heteroatoms. The van der Waals surface area contributed by atoms with E-state index in [9.17, 15) is 4.79 Å². The Labute approximate surface area is 147 Å². The van der Waals surface area contributed by atoms with Gasteiger partial charge in [0.15, 0.2) is 0 Å². The minimum atomic E-state index is -0.111. The lowest BCUT2D eigenvalue weighted by atomic mass is 9.86. The van der Waals surface area contributed by atoms with E-state index in [2.05, 4.69) is 60.6 Å². The number of rotatable bonds is 4. The van der Waals surface area contributed by atoms with Crippen molar-refractivity contribution in [3.63, 3.8) is 0 Å². The van der Waals surface area contributed by atoms with Crippen LogP contribution in [-0.4, -0.2) is 20.7 Å². The van der Waals surface area contributed by atoms with Gasteiger partial charge in [-0.15, -0.1) is 10.2 Å². The molecule has 2 aromatic carbocycles. The molecule has 3 rings (SSSR count). The number of aromatic nitrogens is 3. The van der Waals surface area contributed by atoms with Crippen molar-refractivity contribution < 1.29 is 4.79 Å². The van der Waals surface area contributed by atoms with Gasteiger partial charge in [-0.25, -0.2) is 0 Å². The highest BCUT2D eigenvalue weighted by Gasteiger charge is 2.13. The van der Waals surface area contributed by atoms with Crippen LogP contribution in [0.4, 0.5) is 5.69 Å². The maximum Gasteiger partial charge on any atom is 0.244 e. The third-order valence-electron chi connectivity index (χ3n) is 4.02. The molecule has 1 N–H and O–H groups in total. The number of carbonyl (C=O) groups is 1. The minimum Gasteiger partial charge on any atom is -0.325 e. The summed E-state index contributed by atoms with van der Waals surface area (Å²) in [6.45, 7) is 6.80. The van der Waals surface area contributed by atoms with Gasteiger partial charge in [0.1, 0.15) is 19.2 Å². The standard InChI is InChI=1S/C20H22N4O/c1-20(2,3)17-9-7-15(8-10-17)16-5-4-6-18(11-16)23-19(25)12-24-13-21-22-14-24/h4-11,13-14H,12H2,1-3H3,(H,23,25). The highest BCUT2D eigenvalue weighted by molar-refractivity contribution is 5.91. The number of hydrogen-bond acceptors (Lipinski definition) is 3. The Morgan fingerprint density at radius 2 is 1.68 bits per heavy atom. The summed E-state index contributed by atoms with van der Waals surface area (Å²) in [4.78, 5) is 12.1. The van der Waals surface area contributed by atoms with Crippen LogP contribution < -0.4 is 5.32 Å². The first kappa shape index (κ1) is 16.9. The van der Waals surface area contributed by atoms with E-state index in [1.807, 2.05) is 24.3 Å². The quantitative estimate of drug-likeness (QED) is 0.787. The third-order valence-corrected chi connectivity index (χ3v) is 4.02. The molecule has 1 amide bonds. The van der Waals surface area contributed by atoms with Crippen LogP contribution in [-0.2, 0) is 16.8 Å². The summed E-state index contributed by atoms with van der Waals surface area (Å²) in [7, 11) is 0. The zero-order chi connectivity index (χ0) is 17.9. The van der Waals surface area contributed by atoms with Crippen molar-refractivity contribution in [2.45, 2.75) is 32.7 Å². The highest BCUT2D eigenvalue weighted by atomic mass is 16.1. The van der Waals surface area contributed by atoms with E-state index in [-0.39, 0.29) is 17.9 Å². The van der Waals surface area contributed by atoms with Crippen LogP contribution in [0.25, 0.3) is 11.1 Å². The fourth-order valence-electron chi connectivity index (χ4n) is 2.61. The second kappa shape index (κ2) is 6.89. The molecular weight excluding hydrogens is 312 g/mol. The van der Waals surface area contributed by atoms with Gasteiger partial charge in [-0.05, 0) is 34.2 Å². The zero-order valence-electron chi connectivity index (χ0n) is 14.7. The average Bonchev–Trinajstić information content (AvgIpc) is 3.07. The van der Waals surface area contributed by atoms with E-state index in [1.165, 1.54) is 18.2 Å². The first-order valence-corrected chi connectivity index (χ1v) is 8.25. The molecule has 0 aliphatic carbocycles. The lowest BCUT2D eigenvalue weighted by molar-refractivity contribution is -0.116. The molecule has 0 saturated heterocycles. The van der Waals surface area contributed by atoms with Gasteiger partial charge in [0.2, 0.25) is 5.91 Å². The summed E-state index contributed by atoms with van der Waals surface area (Å²) >= 11 is 0. The van der Waals surface area contributed by atoms with Gasteiger partial charge in [0.05, 0.1) is 0 Å². The molecule has 0 aliphatic heterocycles. The molecule has 0 atom stereocenters. The second-order valence-electron chi connectivity index (χ2n) is 7.09. The molecule has 25 heavy (non-hydrogen) atoms. The van der Waals surface area contributed by atoms with E-state index in [0.717, 1.165) is 16.8 Å². The van der Waals surface area contributed by atoms with Crippen LogP contribution in [0.5, 0.6) is 0 Å². The predicted molar refractivity (Wildman–Crippen MR) is 99.2 cm³/mol. The Balaban J connectivity index is 1.74. The largest absolute Gasteiger partial charge is 0.325 e. The van der Waals surface area contributed by atoms with Gasteiger partial charge in [-0.3, -0.25) is 4.79 Å². The number of nitrogens with one attached hydrogen (secondary N) is 1. The fourth-order valence-corrected chi connectivity index (χ4v) is 2.61. The maximum atomic E-state index is 12.1. The predicted octanol–water partition coefficient (Wildman–Crippen LogP) is 3.88. The Bertz CT molecular complexity index is 846. The zero-order valence-corrected chi connectivity index (χ0v) is 14.7. The van der Waals surface area contributed by atoms with Gasteiger partial charge in [-0.2, -0.15) is 0 Å². The maximum absolute atomic E-state index is 12.1. The Morgan fingerprint density at radius 3 is 2.32 bits per heavy atom. The molecule has 0 unspecified atom stereocenters. The van der Waals surface area contributed by atoms with Crippen molar-refractivity contribution in [2.24, 2.45) is 0 Å². The first-order valence-electron chi connectivity index (χ1n) is 8.25. The third kappa shape index (κ3) is 4.32. The highest BCUT2D eigenvalue weighted by Crippen LogP contribution is 2.27. The van der Waals surface area contributed by atoms with Crippen molar-refractivity contribution in [3.8, 4) is 11.1 Å². The van der Waals surface area contributed by atoms with E-state index in [4.69, 9.17) is 0 Å². The summed E-state index contributed by atoms with van der Waals surface area (Å²) in [5.41, 5.74) is 4.41. The summed E-state index contributed by atoms with van der Waals surface area (Å²) in [5.74, 6) is -0.111. The van der Waals surface area contributed by atoms with Gasteiger partial charge in [0.25, 0.3) is 0 Å². The van der Waals surface area contributed by atoms with E-state index in [0.29, 0.717) is 0 Å². The first-order chi connectivity index (χ1) is 11.9. The Kier molecular flexibility index (Phi) is 4.65. The number of amides is 1. The molecule has 0 radical (unpaired) electrons. The molecule has 0 aliphatic rings. The fraction of sp³-hybridized carbons (Fsp3) is 0.250. The van der Waals surface area contributed by atoms with Crippen LogP contribution in [0.15, 0.2) is 61.2 Å². The lowest BCUT2D eigenvalue weighted by Crippen LogP contribution is -2.17. The van der Waals surface area contributed by atoms with Crippen molar-refractivity contribution >= 4 is 11.6 Å². The van der Waals surface area contributed by atoms with Crippen molar-refractivity contribution in [1.29, 1.82) is 0 Å². The molecule has 5 nitrogen and oxygen atoms in total. The molecule has 128 valence electrons. The molecule has 0 spiro atoms. The molecule has 1 aromatic heterocycles.